The highest BCUT2D eigenvalue weighted by atomic mass is 35.5. The van der Waals surface area contributed by atoms with Crippen molar-refractivity contribution in [3.05, 3.63) is 69.2 Å². The molecular weight excluding hydrogens is 363 g/mol. The third-order valence-electron chi connectivity index (χ3n) is 2.74. The molecule has 4 nitrogen and oxygen atoms in total. The summed E-state index contributed by atoms with van der Waals surface area (Å²) in [6.45, 7) is 0. The Kier molecular flexibility index (Phi) is 7.13. The van der Waals surface area contributed by atoms with Gasteiger partial charge in [0.15, 0.2) is 0 Å². The lowest BCUT2D eigenvalue weighted by Crippen LogP contribution is -2.21. The molecule has 0 fully saturated rings. The monoisotopic (exact) mass is 375 g/mol. The van der Waals surface area contributed by atoms with Gasteiger partial charge < -0.3 is 10.0 Å². The minimum atomic E-state index is -1.12. The van der Waals surface area contributed by atoms with Crippen LogP contribution in [0.2, 0.25) is 10.0 Å². The molecule has 2 aromatic carbocycles. The highest BCUT2D eigenvalue weighted by Crippen LogP contribution is 2.17. The smallest absolute Gasteiger partial charge is 0.335 e. The molecule has 24 heavy (non-hydrogen) atoms. The summed E-state index contributed by atoms with van der Waals surface area (Å²) in [6.07, 6.45) is 0. The van der Waals surface area contributed by atoms with Gasteiger partial charge in [-0.15, -0.1) is 0 Å². The van der Waals surface area contributed by atoms with Gasteiger partial charge in [0.05, 0.1) is 15.6 Å². The third-order valence-corrected chi connectivity index (χ3v) is 3.32. The van der Waals surface area contributed by atoms with E-state index in [1.165, 1.54) is 23.1 Å². The Morgan fingerprint density at radius 3 is 1.71 bits per heavy atom. The summed E-state index contributed by atoms with van der Waals surface area (Å²) in [5, 5.41) is 8.21. The summed E-state index contributed by atoms with van der Waals surface area (Å²) in [5.41, 5.74) is 0.368. The van der Waals surface area contributed by atoms with Crippen LogP contribution in [-0.2, 0) is 0 Å². The highest BCUT2D eigenvalue weighted by Gasteiger charge is 2.09. The summed E-state index contributed by atoms with van der Waals surface area (Å²) >= 11 is 10.8. The van der Waals surface area contributed by atoms with Crippen molar-refractivity contribution in [3.63, 3.8) is 0 Å². The number of hydrogen-bond donors (Lipinski definition) is 1. The molecule has 128 valence electrons. The number of benzene rings is 2. The van der Waals surface area contributed by atoms with E-state index in [4.69, 9.17) is 28.3 Å². The van der Waals surface area contributed by atoms with Crippen LogP contribution in [0.4, 0.5) is 8.78 Å². The zero-order valence-corrected chi connectivity index (χ0v) is 14.2. The van der Waals surface area contributed by atoms with Gasteiger partial charge in [-0.3, -0.25) is 4.79 Å². The van der Waals surface area contributed by atoms with Gasteiger partial charge in [-0.05, 0) is 36.4 Å². The van der Waals surface area contributed by atoms with Crippen molar-refractivity contribution in [1.29, 1.82) is 0 Å². The van der Waals surface area contributed by atoms with E-state index in [1.54, 1.807) is 14.1 Å². The molecule has 0 unspecified atom stereocenters. The highest BCUT2D eigenvalue weighted by molar-refractivity contribution is 6.31. The number of amides is 1. The molecule has 8 heteroatoms. The van der Waals surface area contributed by atoms with Crippen molar-refractivity contribution in [2.45, 2.75) is 0 Å². The number of hydrogen-bond acceptors (Lipinski definition) is 2. The van der Waals surface area contributed by atoms with Gasteiger partial charge in [0.25, 0.3) is 5.91 Å². The lowest BCUT2D eigenvalue weighted by molar-refractivity contribution is 0.0696. The Bertz CT molecular complexity index is 767. The average molecular weight is 376 g/mol. The molecule has 0 aliphatic rings. The summed E-state index contributed by atoms with van der Waals surface area (Å²) in [7, 11) is 3.25. The van der Waals surface area contributed by atoms with Crippen molar-refractivity contribution < 1.29 is 23.5 Å². The van der Waals surface area contributed by atoms with Gasteiger partial charge in [0.1, 0.15) is 11.6 Å². The predicted molar refractivity (Wildman–Crippen MR) is 87.8 cm³/mol. The quantitative estimate of drug-likeness (QED) is 0.848. The second kappa shape index (κ2) is 8.61. The van der Waals surface area contributed by atoms with Crippen LogP contribution in [0.15, 0.2) is 36.4 Å². The molecule has 2 rings (SSSR count). The third kappa shape index (κ3) is 5.47. The Morgan fingerprint density at radius 2 is 1.33 bits per heavy atom. The number of aromatic carboxylic acids is 1. The van der Waals surface area contributed by atoms with Crippen molar-refractivity contribution in [2.24, 2.45) is 0 Å². The fraction of sp³-hybridized carbons (Fsp3) is 0.125. The minimum Gasteiger partial charge on any atom is -0.478 e. The number of halogens is 4. The van der Waals surface area contributed by atoms with Gasteiger partial charge >= 0.3 is 5.97 Å². The van der Waals surface area contributed by atoms with E-state index in [1.807, 2.05) is 0 Å². The van der Waals surface area contributed by atoms with Crippen LogP contribution in [-0.4, -0.2) is 36.0 Å². The Labute approximate surface area is 147 Å². The van der Waals surface area contributed by atoms with E-state index in [9.17, 15) is 18.4 Å². The number of carboxylic acids is 1. The van der Waals surface area contributed by atoms with Crippen LogP contribution in [0.25, 0.3) is 0 Å². The van der Waals surface area contributed by atoms with Crippen LogP contribution < -0.4 is 0 Å². The summed E-state index contributed by atoms with van der Waals surface area (Å²) < 4.78 is 25.1. The van der Waals surface area contributed by atoms with Crippen molar-refractivity contribution >= 4 is 35.1 Å². The molecule has 0 atom stereocenters. The molecular formula is C16H13Cl2F2NO3. The van der Waals surface area contributed by atoms with E-state index in [0.717, 1.165) is 18.2 Å². The van der Waals surface area contributed by atoms with Crippen LogP contribution in [0.3, 0.4) is 0 Å². The standard InChI is InChI=1S/C9H9ClFNO.C7H4ClFO2/c1-12(2)9(13)6-3-4-8(11)7(10)5-6;8-5-3-4(7(10)11)1-2-6(5)9/h3-5H,1-2H3;1-3H,(H,10,11). The lowest BCUT2D eigenvalue weighted by atomic mass is 10.2. The fourth-order valence-corrected chi connectivity index (χ4v) is 1.88. The summed E-state index contributed by atoms with van der Waals surface area (Å²) in [6, 6.07) is 7.15. The molecule has 0 bridgehead atoms. The SMILES string of the molecule is CN(C)C(=O)c1ccc(F)c(Cl)c1.O=C(O)c1ccc(F)c(Cl)c1. The first-order valence-corrected chi connectivity index (χ1v) is 7.24. The average Bonchev–Trinajstić information content (AvgIpc) is 2.52. The van der Waals surface area contributed by atoms with Crippen molar-refractivity contribution in [1.82, 2.24) is 4.90 Å². The van der Waals surface area contributed by atoms with Crippen LogP contribution in [0.1, 0.15) is 20.7 Å². The van der Waals surface area contributed by atoms with Crippen molar-refractivity contribution in [3.8, 4) is 0 Å². The Balaban J connectivity index is 0.000000243. The second-order valence-electron chi connectivity index (χ2n) is 4.76. The summed E-state index contributed by atoms with van der Waals surface area (Å²) in [4.78, 5) is 23.0. The largest absolute Gasteiger partial charge is 0.478 e. The van der Waals surface area contributed by atoms with Gasteiger partial charge in [-0.25, -0.2) is 13.6 Å². The topological polar surface area (TPSA) is 57.6 Å². The Hall–Kier alpha value is -2.18. The lowest BCUT2D eigenvalue weighted by Gasteiger charge is -2.09. The molecule has 0 spiro atoms. The minimum absolute atomic E-state index is 0.0172. The van der Waals surface area contributed by atoms with E-state index in [2.05, 4.69) is 0 Å². The fourth-order valence-electron chi connectivity index (χ4n) is 1.52. The van der Waals surface area contributed by atoms with Crippen molar-refractivity contribution in [2.75, 3.05) is 14.1 Å². The van der Waals surface area contributed by atoms with Crippen LogP contribution in [0, 0.1) is 11.6 Å². The van der Waals surface area contributed by atoms with E-state index < -0.39 is 17.6 Å². The summed E-state index contributed by atoms with van der Waals surface area (Å²) in [5.74, 6) is -2.44. The molecule has 0 aromatic heterocycles. The maximum absolute atomic E-state index is 12.7. The molecule has 0 aliphatic heterocycles. The van der Waals surface area contributed by atoms with Gasteiger partial charge in [0, 0.05) is 19.7 Å². The van der Waals surface area contributed by atoms with Gasteiger partial charge in [0.2, 0.25) is 0 Å². The molecule has 1 amide bonds. The number of carbonyl (C=O) groups excluding carboxylic acids is 1. The molecule has 0 saturated carbocycles. The number of nitrogens with zero attached hydrogens (tertiary/aromatic N) is 1. The van der Waals surface area contributed by atoms with E-state index in [-0.39, 0.29) is 21.5 Å². The van der Waals surface area contributed by atoms with E-state index in [0.29, 0.717) is 5.56 Å². The van der Waals surface area contributed by atoms with Gasteiger partial charge in [-0.1, -0.05) is 23.2 Å². The molecule has 0 heterocycles. The first-order chi connectivity index (χ1) is 11.1. The zero-order chi connectivity index (χ0) is 18.4. The van der Waals surface area contributed by atoms with Crippen LogP contribution in [0.5, 0.6) is 0 Å². The molecule has 0 saturated heterocycles. The molecule has 0 radical (unpaired) electrons. The second-order valence-corrected chi connectivity index (χ2v) is 5.58. The van der Waals surface area contributed by atoms with Crippen LogP contribution >= 0.6 is 23.2 Å². The van der Waals surface area contributed by atoms with Gasteiger partial charge in [-0.2, -0.15) is 0 Å². The van der Waals surface area contributed by atoms with E-state index >= 15 is 0 Å². The number of carboxylic acid groups (broad SMARTS) is 1. The molecule has 0 aliphatic carbocycles. The first kappa shape index (κ1) is 19.9. The zero-order valence-electron chi connectivity index (χ0n) is 12.7. The Morgan fingerprint density at radius 1 is 0.917 bits per heavy atom. The maximum atomic E-state index is 12.7. The number of rotatable bonds is 2. The molecule has 1 N–H and O–H groups in total. The molecule has 2 aromatic rings. The maximum Gasteiger partial charge on any atom is 0.335 e. The normalized spacial score (nSPS) is 9.75. The predicted octanol–water partition coefficient (Wildman–Crippen LogP) is 4.36. The number of carbonyl (C=O) groups is 2. The first-order valence-electron chi connectivity index (χ1n) is 6.48.